The van der Waals surface area contributed by atoms with Crippen molar-refractivity contribution in [2.24, 2.45) is 5.73 Å². The van der Waals surface area contributed by atoms with Gasteiger partial charge in [-0.25, -0.2) is 14.2 Å². The minimum Gasteiger partial charge on any atom is -0.351 e. The molecule has 126 valence electrons. The fourth-order valence-corrected chi connectivity index (χ4v) is 3.46. The molecule has 1 aliphatic rings. The summed E-state index contributed by atoms with van der Waals surface area (Å²) < 4.78 is 13.2. The summed E-state index contributed by atoms with van der Waals surface area (Å²) in [6.07, 6.45) is 1.16. The predicted molar refractivity (Wildman–Crippen MR) is 88.3 cm³/mol. The Morgan fingerprint density at radius 1 is 1.46 bits per heavy atom. The topological polar surface area (TPSA) is 88.3 Å². The highest BCUT2D eigenvalue weighted by molar-refractivity contribution is 7.09. The molecule has 1 aliphatic heterocycles. The summed E-state index contributed by atoms with van der Waals surface area (Å²) in [5.74, 6) is -0.560. The largest absolute Gasteiger partial charge is 0.351 e. The monoisotopic (exact) mass is 348 g/mol. The molecule has 0 radical (unpaired) electrons. The van der Waals surface area contributed by atoms with Crippen LogP contribution in [0.15, 0.2) is 29.6 Å². The minimum absolute atomic E-state index is 0.113. The number of likely N-dealkylation sites (tertiary alicyclic amines) is 1. The number of carbonyl (C=O) groups is 2. The van der Waals surface area contributed by atoms with Crippen LogP contribution in [-0.2, 0) is 6.42 Å². The summed E-state index contributed by atoms with van der Waals surface area (Å²) in [5.41, 5.74) is 6.37. The standard InChI is InChI=1S/C16H17FN4O2S/c17-11-3-1-2-10(6-11)7-14-20-13(9-24-14)15(22)19-12-4-5-21(8-12)16(18)23/h1-3,6,9,12H,4-5,7-8H2,(H2,18,23)(H,19,22)/t12-/m1/s1. The molecule has 0 aliphatic carbocycles. The van der Waals surface area contributed by atoms with E-state index in [9.17, 15) is 14.0 Å². The number of nitrogens with two attached hydrogens (primary N) is 1. The second kappa shape index (κ2) is 6.96. The number of hydrogen-bond donors (Lipinski definition) is 2. The van der Waals surface area contributed by atoms with Gasteiger partial charge in [0, 0.05) is 30.9 Å². The molecule has 0 spiro atoms. The van der Waals surface area contributed by atoms with Crippen molar-refractivity contribution in [2.45, 2.75) is 18.9 Å². The summed E-state index contributed by atoms with van der Waals surface area (Å²) >= 11 is 1.36. The molecule has 8 heteroatoms. The molecule has 6 nitrogen and oxygen atoms in total. The molecule has 0 bridgehead atoms. The fourth-order valence-electron chi connectivity index (χ4n) is 2.66. The Bertz CT molecular complexity index is 764. The van der Waals surface area contributed by atoms with Crippen molar-refractivity contribution in [1.82, 2.24) is 15.2 Å². The van der Waals surface area contributed by atoms with Gasteiger partial charge in [0.25, 0.3) is 5.91 Å². The van der Waals surface area contributed by atoms with Crippen molar-refractivity contribution in [3.63, 3.8) is 0 Å². The number of aromatic nitrogens is 1. The molecule has 3 N–H and O–H groups in total. The molecule has 2 aromatic rings. The lowest BCUT2D eigenvalue weighted by Crippen LogP contribution is -2.40. The van der Waals surface area contributed by atoms with Crippen molar-refractivity contribution in [2.75, 3.05) is 13.1 Å². The molecule has 1 fully saturated rings. The molecule has 1 aromatic carbocycles. The number of benzene rings is 1. The molecular weight excluding hydrogens is 331 g/mol. The number of nitrogens with one attached hydrogen (secondary N) is 1. The van der Waals surface area contributed by atoms with E-state index in [0.29, 0.717) is 31.6 Å². The van der Waals surface area contributed by atoms with Gasteiger partial charge in [-0.3, -0.25) is 4.79 Å². The third kappa shape index (κ3) is 3.88. The Labute approximate surface area is 142 Å². The van der Waals surface area contributed by atoms with Crippen LogP contribution in [-0.4, -0.2) is 41.0 Å². The summed E-state index contributed by atoms with van der Waals surface area (Å²) in [6, 6.07) is 5.73. The van der Waals surface area contributed by atoms with E-state index < -0.39 is 6.03 Å². The Kier molecular flexibility index (Phi) is 4.75. The highest BCUT2D eigenvalue weighted by Crippen LogP contribution is 2.16. The second-order valence-electron chi connectivity index (χ2n) is 5.68. The van der Waals surface area contributed by atoms with Crippen molar-refractivity contribution >= 4 is 23.3 Å². The zero-order chi connectivity index (χ0) is 17.1. The van der Waals surface area contributed by atoms with Gasteiger partial charge in [0.2, 0.25) is 0 Å². The van der Waals surface area contributed by atoms with Crippen LogP contribution in [0, 0.1) is 5.82 Å². The number of urea groups is 1. The van der Waals surface area contributed by atoms with Crippen LogP contribution in [0.3, 0.4) is 0 Å². The number of halogens is 1. The molecule has 3 rings (SSSR count). The summed E-state index contributed by atoms with van der Waals surface area (Å²) in [4.78, 5) is 29.1. The van der Waals surface area contributed by atoms with Crippen molar-refractivity contribution in [1.29, 1.82) is 0 Å². The Balaban J connectivity index is 1.59. The van der Waals surface area contributed by atoms with Crippen LogP contribution in [0.5, 0.6) is 0 Å². The lowest BCUT2D eigenvalue weighted by Gasteiger charge is -2.13. The average molecular weight is 348 g/mol. The van der Waals surface area contributed by atoms with E-state index in [0.717, 1.165) is 10.6 Å². The molecule has 0 saturated carbocycles. The first kappa shape index (κ1) is 16.4. The SMILES string of the molecule is NC(=O)N1CC[C@@H](NC(=O)c2csc(Cc3cccc(F)c3)n2)C1. The third-order valence-electron chi connectivity index (χ3n) is 3.86. The number of thiazole rings is 1. The smallest absolute Gasteiger partial charge is 0.314 e. The summed E-state index contributed by atoms with van der Waals surface area (Å²) in [5, 5.41) is 5.29. The molecule has 1 atom stereocenters. The molecule has 24 heavy (non-hydrogen) atoms. The van der Waals surface area contributed by atoms with E-state index in [4.69, 9.17) is 5.73 Å². The van der Waals surface area contributed by atoms with Crippen LogP contribution in [0.1, 0.15) is 27.5 Å². The van der Waals surface area contributed by atoms with Crippen LogP contribution < -0.4 is 11.1 Å². The van der Waals surface area contributed by atoms with Gasteiger partial charge in [0.15, 0.2) is 0 Å². The van der Waals surface area contributed by atoms with Crippen molar-refractivity contribution in [3.8, 4) is 0 Å². The first-order valence-corrected chi connectivity index (χ1v) is 8.43. The van der Waals surface area contributed by atoms with Crippen molar-refractivity contribution in [3.05, 3.63) is 51.7 Å². The van der Waals surface area contributed by atoms with Crippen LogP contribution >= 0.6 is 11.3 Å². The normalized spacial score (nSPS) is 17.0. The van der Waals surface area contributed by atoms with Gasteiger partial charge in [-0.2, -0.15) is 0 Å². The number of carbonyl (C=O) groups excluding carboxylic acids is 2. The number of hydrogen-bond acceptors (Lipinski definition) is 4. The molecule has 0 unspecified atom stereocenters. The van der Waals surface area contributed by atoms with Gasteiger partial charge < -0.3 is 16.0 Å². The molecular formula is C16H17FN4O2S. The highest BCUT2D eigenvalue weighted by atomic mass is 32.1. The first-order chi connectivity index (χ1) is 11.5. The maximum absolute atomic E-state index is 13.2. The van der Waals surface area contributed by atoms with E-state index in [1.165, 1.54) is 28.4 Å². The van der Waals surface area contributed by atoms with Gasteiger partial charge in [-0.1, -0.05) is 12.1 Å². The van der Waals surface area contributed by atoms with Gasteiger partial charge in [-0.05, 0) is 24.1 Å². The van der Waals surface area contributed by atoms with Crippen LogP contribution in [0.2, 0.25) is 0 Å². The van der Waals surface area contributed by atoms with Gasteiger partial charge in [0.1, 0.15) is 11.5 Å². The van der Waals surface area contributed by atoms with E-state index >= 15 is 0 Å². The molecule has 1 aromatic heterocycles. The van der Waals surface area contributed by atoms with E-state index in [-0.39, 0.29) is 17.8 Å². The van der Waals surface area contributed by atoms with Gasteiger partial charge >= 0.3 is 6.03 Å². The Morgan fingerprint density at radius 3 is 3.00 bits per heavy atom. The summed E-state index contributed by atoms with van der Waals surface area (Å²) in [7, 11) is 0. The number of amides is 3. The zero-order valence-electron chi connectivity index (χ0n) is 12.9. The second-order valence-corrected chi connectivity index (χ2v) is 6.62. The van der Waals surface area contributed by atoms with E-state index in [1.807, 2.05) is 6.07 Å². The van der Waals surface area contributed by atoms with Gasteiger partial charge in [0.05, 0.1) is 5.01 Å². The zero-order valence-corrected chi connectivity index (χ0v) is 13.7. The van der Waals surface area contributed by atoms with E-state index in [2.05, 4.69) is 10.3 Å². The maximum Gasteiger partial charge on any atom is 0.314 e. The lowest BCUT2D eigenvalue weighted by molar-refractivity contribution is 0.0933. The van der Waals surface area contributed by atoms with Crippen LogP contribution in [0.4, 0.5) is 9.18 Å². The molecule has 2 heterocycles. The lowest BCUT2D eigenvalue weighted by atomic mass is 10.1. The van der Waals surface area contributed by atoms with Gasteiger partial charge in [-0.15, -0.1) is 11.3 Å². The number of primary amides is 1. The highest BCUT2D eigenvalue weighted by Gasteiger charge is 2.26. The van der Waals surface area contributed by atoms with E-state index in [1.54, 1.807) is 11.4 Å². The first-order valence-electron chi connectivity index (χ1n) is 7.55. The summed E-state index contributed by atoms with van der Waals surface area (Å²) in [6.45, 7) is 0.962. The van der Waals surface area contributed by atoms with Crippen molar-refractivity contribution < 1.29 is 14.0 Å². The minimum atomic E-state index is -0.474. The molecule has 3 amide bonds. The predicted octanol–water partition coefficient (Wildman–Crippen LogP) is 1.76. The fraction of sp³-hybridized carbons (Fsp3) is 0.312. The Morgan fingerprint density at radius 2 is 2.29 bits per heavy atom. The quantitative estimate of drug-likeness (QED) is 0.882. The number of rotatable bonds is 4. The number of nitrogens with zero attached hydrogens (tertiary/aromatic N) is 2. The third-order valence-corrected chi connectivity index (χ3v) is 4.71. The Hall–Kier alpha value is -2.48. The van der Waals surface area contributed by atoms with Crippen LogP contribution in [0.25, 0.3) is 0 Å². The maximum atomic E-state index is 13.2. The average Bonchev–Trinajstić information content (AvgIpc) is 3.17. The molecule has 1 saturated heterocycles.